The molecule has 6 heteroatoms. The number of hydrogen-bond acceptors (Lipinski definition) is 4. The number of nitrogen functional groups attached to an aromatic ring is 1. The van der Waals surface area contributed by atoms with Crippen LogP contribution in [0.2, 0.25) is 5.02 Å². The molecule has 106 valence electrons. The summed E-state index contributed by atoms with van der Waals surface area (Å²) in [6, 6.07) is 4.84. The first-order valence-corrected chi connectivity index (χ1v) is 6.57. The first-order chi connectivity index (χ1) is 9.40. The average molecular weight is 294 g/mol. The van der Waals surface area contributed by atoms with Crippen molar-refractivity contribution in [2.24, 2.45) is 0 Å². The number of anilines is 1. The molecular formula is C14H16ClN3O2. The Morgan fingerprint density at radius 3 is 2.70 bits per heavy atom. The Morgan fingerprint density at radius 2 is 2.05 bits per heavy atom. The highest BCUT2D eigenvalue weighted by Crippen LogP contribution is 2.24. The summed E-state index contributed by atoms with van der Waals surface area (Å²) in [4.78, 5) is 28.6. The third-order valence-electron chi connectivity index (χ3n) is 3.08. The average Bonchev–Trinajstić information content (AvgIpc) is 2.37. The summed E-state index contributed by atoms with van der Waals surface area (Å²) in [6.45, 7) is 0.618. The molecule has 0 aliphatic heterocycles. The molecule has 0 spiro atoms. The summed E-state index contributed by atoms with van der Waals surface area (Å²) in [7, 11) is 3.78. The first-order valence-electron chi connectivity index (χ1n) is 6.19. The number of aromatic amines is 1. The zero-order valence-corrected chi connectivity index (χ0v) is 12.1. The molecule has 1 heterocycles. The summed E-state index contributed by atoms with van der Waals surface area (Å²) in [5, 5.41) is 1.36. The van der Waals surface area contributed by atoms with Gasteiger partial charge in [0.2, 0.25) is 0 Å². The number of halogens is 1. The Bertz CT molecular complexity index is 722. The maximum Gasteiger partial charge on any atom is 0.257 e. The largest absolute Gasteiger partial charge is 0.385 e. The van der Waals surface area contributed by atoms with Crippen molar-refractivity contribution in [3.63, 3.8) is 0 Å². The number of fused-ring (bicyclic) bond motifs is 1. The van der Waals surface area contributed by atoms with E-state index in [9.17, 15) is 9.59 Å². The van der Waals surface area contributed by atoms with Gasteiger partial charge in [-0.25, -0.2) is 0 Å². The van der Waals surface area contributed by atoms with E-state index in [0.29, 0.717) is 34.3 Å². The predicted molar refractivity (Wildman–Crippen MR) is 81.5 cm³/mol. The van der Waals surface area contributed by atoms with Crippen LogP contribution in [-0.4, -0.2) is 36.3 Å². The van der Waals surface area contributed by atoms with Gasteiger partial charge in [0.15, 0.2) is 5.78 Å². The summed E-state index contributed by atoms with van der Waals surface area (Å²) >= 11 is 5.89. The molecule has 0 radical (unpaired) electrons. The lowest BCUT2D eigenvalue weighted by Gasteiger charge is -2.11. The molecule has 0 atom stereocenters. The van der Waals surface area contributed by atoms with E-state index in [4.69, 9.17) is 17.3 Å². The fraction of sp³-hybridized carbons (Fsp3) is 0.286. The Labute approximate surface area is 121 Å². The molecule has 0 bridgehead atoms. The molecule has 0 saturated heterocycles. The van der Waals surface area contributed by atoms with Gasteiger partial charge in [-0.3, -0.25) is 9.59 Å². The molecule has 0 unspecified atom stereocenters. The first kappa shape index (κ1) is 14.6. The summed E-state index contributed by atoms with van der Waals surface area (Å²) in [6.07, 6.45) is 0.334. The molecule has 2 aromatic rings. The van der Waals surface area contributed by atoms with E-state index < -0.39 is 0 Å². The van der Waals surface area contributed by atoms with Gasteiger partial charge in [-0.2, -0.15) is 0 Å². The highest BCUT2D eigenvalue weighted by atomic mass is 35.5. The van der Waals surface area contributed by atoms with E-state index in [1.165, 1.54) is 6.07 Å². The summed E-state index contributed by atoms with van der Waals surface area (Å²) in [5.74, 6) is 0.00773. The van der Waals surface area contributed by atoms with Gasteiger partial charge in [0.1, 0.15) is 5.82 Å². The number of nitrogens with two attached hydrogens (primary N) is 1. The van der Waals surface area contributed by atoms with Crippen LogP contribution in [-0.2, 0) is 0 Å². The van der Waals surface area contributed by atoms with Crippen molar-refractivity contribution in [2.45, 2.75) is 6.42 Å². The fourth-order valence-electron chi connectivity index (χ4n) is 2.07. The summed E-state index contributed by atoms with van der Waals surface area (Å²) < 4.78 is 0. The molecule has 5 nitrogen and oxygen atoms in total. The SMILES string of the molecule is CN(C)CCC(=O)c1c(N)[nH]c(=O)c2cc(Cl)ccc12. The number of benzene rings is 1. The second-order valence-corrected chi connectivity index (χ2v) is 5.35. The van der Waals surface area contributed by atoms with Gasteiger partial charge in [-0.15, -0.1) is 0 Å². The van der Waals surface area contributed by atoms with Crippen LogP contribution < -0.4 is 11.3 Å². The minimum atomic E-state index is -0.343. The lowest BCUT2D eigenvalue weighted by molar-refractivity contribution is 0.0975. The van der Waals surface area contributed by atoms with Crippen LogP contribution in [0.15, 0.2) is 23.0 Å². The lowest BCUT2D eigenvalue weighted by atomic mass is 10.0. The monoisotopic (exact) mass is 293 g/mol. The maximum atomic E-state index is 12.3. The zero-order chi connectivity index (χ0) is 14.9. The lowest BCUT2D eigenvalue weighted by Crippen LogP contribution is -2.20. The highest BCUT2D eigenvalue weighted by molar-refractivity contribution is 6.31. The number of carbonyl (C=O) groups is 1. The van der Waals surface area contributed by atoms with Crippen molar-refractivity contribution >= 4 is 34.0 Å². The van der Waals surface area contributed by atoms with E-state index in [1.54, 1.807) is 12.1 Å². The molecule has 0 aliphatic carbocycles. The number of nitrogens with zero attached hydrogens (tertiary/aromatic N) is 1. The van der Waals surface area contributed by atoms with E-state index in [0.717, 1.165) is 0 Å². The third kappa shape index (κ3) is 2.84. The van der Waals surface area contributed by atoms with Gasteiger partial charge in [-0.1, -0.05) is 17.7 Å². The van der Waals surface area contributed by atoms with Crippen LogP contribution in [0.25, 0.3) is 10.8 Å². The molecule has 2 rings (SSSR count). The minimum absolute atomic E-state index is 0.0974. The molecule has 0 saturated carbocycles. The fourth-order valence-corrected chi connectivity index (χ4v) is 2.24. The van der Waals surface area contributed by atoms with E-state index in [-0.39, 0.29) is 17.2 Å². The minimum Gasteiger partial charge on any atom is -0.385 e. The van der Waals surface area contributed by atoms with Crippen LogP contribution in [0.5, 0.6) is 0 Å². The number of H-pyrrole nitrogens is 1. The molecule has 3 N–H and O–H groups in total. The van der Waals surface area contributed by atoms with Gasteiger partial charge in [0, 0.05) is 28.8 Å². The third-order valence-corrected chi connectivity index (χ3v) is 3.31. The number of aromatic nitrogens is 1. The van der Waals surface area contributed by atoms with Crippen LogP contribution in [0, 0.1) is 0 Å². The van der Waals surface area contributed by atoms with Crippen LogP contribution in [0.1, 0.15) is 16.8 Å². The number of nitrogens with one attached hydrogen (secondary N) is 1. The molecule has 0 fully saturated rings. The number of carbonyl (C=O) groups excluding carboxylic acids is 1. The van der Waals surface area contributed by atoms with Crippen LogP contribution in [0.3, 0.4) is 0 Å². The number of hydrogen-bond donors (Lipinski definition) is 2. The van der Waals surface area contributed by atoms with Crippen molar-refractivity contribution in [2.75, 3.05) is 26.4 Å². The Hall–Kier alpha value is -1.85. The van der Waals surface area contributed by atoms with Crippen LogP contribution >= 0.6 is 11.6 Å². The number of rotatable bonds is 4. The Kier molecular flexibility index (Phi) is 4.11. The second-order valence-electron chi connectivity index (χ2n) is 4.91. The maximum absolute atomic E-state index is 12.3. The molecule has 1 aromatic heterocycles. The second kappa shape index (κ2) is 5.64. The van der Waals surface area contributed by atoms with Crippen LogP contribution in [0.4, 0.5) is 5.82 Å². The normalized spacial score (nSPS) is 11.2. The Morgan fingerprint density at radius 1 is 1.35 bits per heavy atom. The number of pyridine rings is 1. The van der Waals surface area contributed by atoms with Gasteiger partial charge < -0.3 is 15.6 Å². The standard InChI is InChI=1S/C14H16ClN3O2/c1-18(2)6-5-11(19)12-9-4-3-8(15)7-10(9)14(20)17-13(12)16/h3-4,7H,5-6H2,1-2H3,(H3,16,17,20). The molecule has 0 aliphatic rings. The quantitative estimate of drug-likeness (QED) is 0.844. The van der Waals surface area contributed by atoms with E-state index in [2.05, 4.69) is 4.98 Å². The van der Waals surface area contributed by atoms with Gasteiger partial charge in [0.25, 0.3) is 5.56 Å². The summed E-state index contributed by atoms with van der Waals surface area (Å²) in [5.41, 5.74) is 5.83. The van der Waals surface area contributed by atoms with Gasteiger partial charge in [-0.05, 0) is 26.2 Å². The highest BCUT2D eigenvalue weighted by Gasteiger charge is 2.16. The zero-order valence-electron chi connectivity index (χ0n) is 11.4. The van der Waals surface area contributed by atoms with Crippen molar-refractivity contribution in [1.29, 1.82) is 0 Å². The molecule has 0 amide bonds. The van der Waals surface area contributed by atoms with Crippen molar-refractivity contribution in [3.8, 4) is 0 Å². The number of Topliss-reactive ketones (excluding diaryl/α,β-unsaturated/α-hetero) is 1. The van der Waals surface area contributed by atoms with E-state index >= 15 is 0 Å². The van der Waals surface area contributed by atoms with E-state index in [1.807, 2.05) is 19.0 Å². The van der Waals surface area contributed by atoms with Gasteiger partial charge in [0.05, 0.1) is 5.56 Å². The van der Waals surface area contributed by atoms with Crippen molar-refractivity contribution in [1.82, 2.24) is 9.88 Å². The smallest absolute Gasteiger partial charge is 0.257 e. The molecular weight excluding hydrogens is 278 g/mol. The Balaban J connectivity index is 2.58. The topological polar surface area (TPSA) is 79.2 Å². The van der Waals surface area contributed by atoms with Crippen molar-refractivity contribution in [3.05, 3.63) is 39.1 Å². The van der Waals surface area contributed by atoms with Gasteiger partial charge >= 0.3 is 0 Å². The molecule has 20 heavy (non-hydrogen) atoms. The van der Waals surface area contributed by atoms with Crippen molar-refractivity contribution < 1.29 is 4.79 Å². The predicted octanol–water partition coefficient (Wildman–Crippen LogP) is 1.90. The molecule has 1 aromatic carbocycles. The number of ketones is 1.